The largest absolute Gasteiger partial charge is 0.384 e. The Morgan fingerprint density at radius 2 is 2.00 bits per heavy atom. The van der Waals surface area contributed by atoms with Crippen molar-refractivity contribution in [3.8, 4) is 11.3 Å². The summed E-state index contributed by atoms with van der Waals surface area (Å²) >= 11 is 0. The zero-order valence-electron chi connectivity index (χ0n) is 13.0. The van der Waals surface area contributed by atoms with E-state index in [-0.39, 0.29) is 5.76 Å². The van der Waals surface area contributed by atoms with Crippen LogP contribution in [0, 0.1) is 0 Å². The number of hydrogen-bond acceptors (Lipinski definition) is 4. The van der Waals surface area contributed by atoms with Crippen LogP contribution in [0.5, 0.6) is 0 Å². The highest BCUT2D eigenvalue weighted by Crippen LogP contribution is 2.33. The average Bonchev–Trinajstić information content (AvgIpc) is 3.24. The van der Waals surface area contributed by atoms with Gasteiger partial charge in [-0.3, -0.25) is 4.79 Å². The summed E-state index contributed by atoms with van der Waals surface area (Å²) in [6, 6.07) is 18.2. The molecule has 1 unspecified atom stereocenters. The van der Waals surface area contributed by atoms with Crippen LogP contribution < -0.4 is 11.1 Å². The number of carbonyl (C=O) groups excluding carboxylic acids is 1. The maximum absolute atomic E-state index is 11.1. The maximum Gasteiger partial charge on any atom is 0.287 e. The molecular weight excluding hydrogens is 302 g/mol. The van der Waals surface area contributed by atoms with Gasteiger partial charge in [0.2, 0.25) is 5.76 Å². The second-order valence-corrected chi connectivity index (χ2v) is 6.01. The van der Waals surface area contributed by atoms with Gasteiger partial charge in [-0.25, -0.2) is 0 Å². The van der Waals surface area contributed by atoms with Crippen molar-refractivity contribution in [1.29, 1.82) is 0 Å². The number of amides is 1. The van der Waals surface area contributed by atoms with E-state index in [1.807, 2.05) is 12.1 Å². The molecule has 0 fully saturated rings. The van der Waals surface area contributed by atoms with Gasteiger partial charge in [-0.05, 0) is 23.6 Å². The van der Waals surface area contributed by atoms with Gasteiger partial charge in [0.15, 0.2) is 0 Å². The molecule has 2 aromatic carbocycles. The van der Waals surface area contributed by atoms with E-state index in [9.17, 15) is 4.79 Å². The molecular formula is C19H17N3O2. The van der Waals surface area contributed by atoms with Crippen LogP contribution in [0.4, 0.5) is 5.69 Å². The highest BCUT2D eigenvalue weighted by Gasteiger charge is 2.21. The molecule has 3 aromatic rings. The van der Waals surface area contributed by atoms with Crippen LogP contribution in [0.2, 0.25) is 0 Å². The first-order valence-electron chi connectivity index (χ1n) is 7.89. The van der Waals surface area contributed by atoms with Crippen LogP contribution in [-0.2, 0) is 6.42 Å². The summed E-state index contributed by atoms with van der Waals surface area (Å²) in [7, 11) is 0. The molecule has 0 radical (unpaired) electrons. The number of primary amides is 1. The van der Waals surface area contributed by atoms with Crippen molar-refractivity contribution in [3.63, 3.8) is 0 Å². The number of rotatable bonds is 4. The van der Waals surface area contributed by atoms with Crippen LogP contribution in [0.1, 0.15) is 27.6 Å². The standard InChI is InChI=1S/C19H17N3O2/c20-19(23)18-10-17(22-24-18)13-7-5-12(6-8-13)9-14-11-21-16-4-2-1-3-15(14)16/h1-8,10,14,21H,9,11H2,(H2,20,23). The fraction of sp³-hybridized carbons (Fsp3) is 0.158. The van der Waals surface area contributed by atoms with E-state index in [0.29, 0.717) is 11.6 Å². The van der Waals surface area contributed by atoms with Crippen molar-refractivity contribution in [2.45, 2.75) is 12.3 Å². The highest BCUT2D eigenvalue weighted by molar-refractivity contribution is 5.90. The molecule has 0 aliphatic carbocycles. The summed E-state index contributed by atoms with van der Waals surface area (Å²) in [5.74, 6) is -0.0546. The van der Waals surface area contributed by atoms with Gasteiger partial charge in [0.25, 0.3) is 5.91 Å². The van der Waals surface area contributed by atoms with E-state index in [2.05, 4.69) is 46.9 Å². The summed E-state index contributed by atoms with van der Waals surface area (Å²) in [5, 5.41) is 7.34. The summed E-state index contributed by atoms with van der Waals surface area (Å²) in [5.41, 5.74) is 10.6. The molecule has 5 nitrogen and oxygen atoms in total. The molecule has 5 heteroatoms. The molecule has 0 bridgehead atoms. The Hall–Kier alpha value is -3.08. The number of anilines is 1. The minimum absolute atomic E-state index is 0.0720. The first-order valence-corrected chi connectivity index (χ1v) is 7.89. The molecule has 3 N–H and O–H groups in total. The number of aromatic nitrogens is 1. The van der Waals surface area contributed by atoms with Gasteiger partial charge >= 0.3 is 0 Å². The monoisotopic (exact) mass is 319 g/mol. The Labute approximate surface area is 139 Å². The van der Waals surface area contributed by atoms with Gasteiger partial charge < -0.3 is 15.6 Å². The number of nitrogens with two attached hydrogens (primary N) is 1. The average molecular weight is 319 g/mol. The Balaban J connectivity index is 1.51. The lowest BCUT2D eigenvalue weighted by Gasteiger charge is -2.10. The van der Waals surface area contributed by atoms with E-state index in [4.69, 9.17) is 10.3 Å². The van der Waals surface area contributed by atoms with Crippen LogP contribution in [0.3, 0.4) is 0 Å². The van der Waals surface area contributed by atoms with Gasteiger partial charge in [0, 0.05) is 29.8 Å². The summed E-state index contributed by atoms with van der Waals surface area (Å²) in [6.45, 7) is 0.965. The molecule has 2 heterocycles. The topological polar surface area (TPSA) is 81.2 Å². The van der Waals surface area contributed by atoms with Gasteiger partial charge in [-0.15, -0.1) is 0 Å². The van der Waals surface area contributed by atoms with Gasteiger partial charge in [0.1, 0.15) is 5.69 Å². The van der Waals surface area contributed by atoms with Gasteiger partial charge in [0.05, 0.1) is 0 Å². The zero-order valence-corrected chi connectivity index (χ0v) is 13.0. The minimum atomic E-state index is -0.613. The molecule has 0 saturated carbocycles. The molecule has 1 aliphatic heterocycles. The minimum Gasteiger partial charge on any atom is -0.384 e. The van der Waals surface area contributed by atoms with Crippen LogP contribution >= 0.6 is 0 Å². The van der Waals surface area contributed by atoms with Crippen molar-refractivity contribution in [1.82, 2.24) is 5.16 Å². The zero-order chi connectivity index (χ0) is 16.5. The lowest BCUT2D eigenvalue weighted by Crippen LogP contribution is -2.09. The lowest BCUT2D eigenvalue weighted by molar-refractivity contribution is 0.0965. The van der Waals surface area contributed by atoms with E-state index < -0.39 is 5.91 Å². The van der Waals surface area contributed by atoms with Gasteiger partial charge in [-0.2, -0.15) is 0 Å². The van der Waals surface area contributed by atoms with Crippen molar-refractivity contribution in [2.24, 2.45) is 5.73 Å². The predicted octanol–water partition coefficient (Wildman–Crippen LogP) is 3.19. The molecule has 1 amide bonds. The van der Waals surface area contributed by atoms with E-state index in [1.165, 1.54) is 16.8 Å². The van der Waals surface area contributed by atoms with E-state index >= 15 is 0 Å². The van der Waals surface area contributed by atoms with E-state index in [0.717, 1.165) is 18.5 Å². The Kier molecular flexibility index (Phi) is 3.54. The number of fused-ring (bicyclic) bond motifs is 1. The first kappa shape index (κ1) is 14.5. The smallest absolute Gasteiger partial charge is 0.287 e. The maximum atomic E-state index is 11.1. The fourth-order valence-corrected chi connectivity index (χ4v) is 3.16. The fourth-order valence-electron chi connectivity index (χ4n) is 3.16. The third kappa shape index (κ3) is 2.65. The Morgan fingerprint density at radius 3 is 2.75 bits per heavy atom. The quantitative estimate of drug-likeness (QED) is 0.774. The summed E-state index contributed by atoms with van der Waals surface area (Å²) < 4.78 is 4.92. The molecule has 0 saturated heterocycles. The number of hydrogen-bond donors (Lipinski definition) is 2. The van der Waals surface area contributed by atoms with Crippen molar-refractivity contribution >= 4 is 11.6 Å². The highest BCUT2D eigenvalue weighted by atomic mass is 16.5. The molecule has 1 aliphatic rings. The second-order valence-electron chi connectivity index (χ2n) is 6.01. The second kappa shape index (κ2) is 5.85. The first-order chi connectivity index (χ1) is 11.7. The number of para-hydroxylation sites is 1. The molecule has 1 aromatic heterocycles. The SMILES string of the molecule is NC(=O)c1cc(-c2ccc(CC3CNc4ccccc43)cc2)no1. The third-order valence-corrected chi connectivity index (χ3v) is 4.42. The third-order valence-electron chi connectivity index (χ3n) is 4.42. The molecule has 1 atom stereocenters. The van der Waals surface area contributed by atoms with Crippen LogP contribution in [0.15, 0.2) is 59.1 Å². The van der Waals surface area contributed by atoms with Gasteiger partial charge in [-0.1, -0.05) is 47.6 Å². The Bertz CT molecular complexity index is 884. The van der Waals surface area contributed by atoms with Crippen LogP contribution in [-0.4, -0.2) is 17.6 Å². The number of nitrogens with zero attached hydrogens (tertiary/aromatic N) is 1. The molecule has 4 rings (SSSR count). The van der Waals surface area contributed by atoms with Crippen molar-refractivity contribution in [3.05, 3.63) is 71.5 Å². The van der Waals surface area contributed by atoms with Crippen LogP contribution in [0.25, 0.3) is 11.3 Å². The van der Waals surface area contributed by atoms with Crippen molar-refractivity contribution < 1.29 is 9.32 Å². The number of carbonyl (C=O) groups is 1. The Morgan fingerprint density at radius 1 is 1.21 bits per heavy atom. The molecule has 0 spiro atoms. The number of benzene rings is 2. The van der Waals surface area contributed by atoms with E-state index in [1.54, 1.807) is 6.07 Å². The lowest BCUT2D eigenvalue weighted by atomic mass is 9.93. The summed E-state index contributed by atoms with van der Waals surface area (Å²) in [6.07, 6.45) is 0.982. The number of nitrogens with one attached hydrogen (secondary N) is 1. The summed E-state index contributed by atoms with van der Waals surface area (Å²) in [4.78, 5) is 11.1. The predicted molar refractivity (Wildman–Crippen MR) is 91.8 cm³/mol. The molecule has 120 valence electrons. The normalized spacial score (nSPS) is 15.8. The van der Waals surface area contributed by atoms with Crippen molar-refractivity contribution in [2.75, 3.05) is 11.9 Å². The molecule has 24 heavy (non-hydrogen) atoms.